The van der Waals surface area contributed by atoms with E-state index in [4.69, 9.17) is 20.9 Å². The van der Waals surface area contributed by atoms with E-state index in [2.05, 4.69) is 9.69 Å². The van der Waals surface area contributed by atoms with Gasteiger partial charge in [0.15, 0.2) is 5.69 Å². The summed E-state index contributed by atoms with van der Waals surface area (Å²) >= 11 is 0.767. The number of methoxy groups -OCH3 is 2. The number of nitrogens with two attached hydrogens (primary N) is 2. The normalized spacial score (nSPS) is 11.9. The second-order valence-electron chi connectivity index (χ2n) is 9.32. The van der Waals surface area contributed by atoms with Gasteiger partial charge < -0.3 is 31.2 Å². The van der Waals surface area contributed by atoms with Gasteiger partial charge in [-0.2, -0.15) is 4.37 Å². The highest BCUT2D eigenvalue weighted by Gasteiger charge is 2.36. The maximum atomic E-state index is 14.0. The van der Waals surface area contributed by atoms with Crippen LogP contribution in [0.1, 0.15) is 64.5 Å². The average Bonchev–Trinajstić information content (AvgIpc) is 3.29. The number of carbonyl (C=O) groups excluding carboxylic acids is 3. The van der Waals surface area contributed by atoms with Crippen molar-refractivity contribution >= 4 is 34.9 Å². The Morgan fingerprint density at radius 3 is 2.05 bits per heavy atom. The molecule has 2 aromatic carbocycles. The monoisotopic (exact) mass is 539 g/mol. The van der Waals surface area contributed by atoms with Crippen molar-refractivity contribution in [1.82, 2.24) is 14.6 Å². The number of amides is 3. The van der Waals surface area contributed by atoms with Crippen molar-refractivity contribution in [2.45, 2.75) is 45.3 Å². The van der Waals surface area contributed by atoms with E-state index in [0.29, 0.717) is 23.5 Å². The van der Waals surface area contributed by atoms with Crippen molar-refractivity contribution in [3.8, 4) is 11.5 Å². The summed E-state index contributed by atoms with van der Waals surface area (Å²) in [7, 11) is 3.11. The molecule has 11 heteroatoms. The van der Waals surface area contributed by atoms with Crippen LogP contribution in [0.25, 0.3) is 0 Å². The Morgan fingerprint density at radius 1 is 1.03 bits per heavy atom. The molecular weight excluding hydrogens is 506 g/mol. The summed E-state index contributed by atoms with van der Waals surface area (Å²) in [5, 5.41) is 3.06. The number of aromatic nitrogens is 1. The summed E-state index contributed by atoms with van der Waals surface area (Å²) in [6.45, 7) is 5.84. The number of benzene rings is 2. The van der Waals surface area contributed by atoms with Gasteiger partial charge in [0.2, 0.25) is 5.91 Å². The van der Waals surface area contributed by atoms with Gasteiger partial charge in [0.1, 0.15) is 22.4 Å². The molecule has 0 aliphatic carbocycles. The number of hydrogen-bond donors (Lipinski definition) is 3. The lowest BCUT2D eigenvalue weighted by Gasteiger charge is -2.34. The molecule has 1 heterocycles. The zero-order chi connectivity index (χ0) is 28.0. The number of anilines is 1. The first-order chi connectivity index (χ1) is 18.0. The van der Waals surface area contributed by atoms with E-state index in [1.54, 1.807) is 50.6 Å². The summed E-state index contributed by atoms with van der Waals surface area (Å²) in [6.07, 6.45) is 0.671. The quantitative estimate of drug-likeness (QED) is 0.337. The van der Waals surface area contributed by atoms with Gasteiger partial charge in [0.05, 0.1) is 19.9 Å². The number of nitrogens with zero attached hydrogens (tertiary/aromatic N) is 2. The third-order valence-electron chi connectivity index (χ3n) is 6.27. The molecule has 0 fully saturated rings. The first kappa shape index (κ1) is 28.5. The van der Waals surface area contributed by atoms with Gasteiger partial charge in [-0.05, 0) is 67.2 Å². The smallest absolute Gasteiger partial charge is 0.270 e. The lowest BCUT2D eigenvalue weighted by Crippen LogP contribution is -2.50. The summed E-state index contributed by atoms with van der Waals surface area (Å²) in [5.41, 5.74) is 12.0. The molecule has 5 N–H and O–H groups in total. The Labute approximate surface area is 226 Å². The molecule has 1 aromatic heterocycles. The van der Waals surface area contributed by atoms with Crippen LogP contribution in [-0.2, 0) is 11.3 Å². The third-order valence-corrected chi connectivity index (χ3v) is 7.12. The van der Waals surface area contributed by atoms with Crippen molar-refractivity contribution in [1.29, 1.82) is 0 Å². The van der Waals surface area contributed by atoms with Crippen molar-refractivity contribution in [2.24, 2.45) is 5.73 Å². The predicted octanol–water partition coefficient (Wildman–Crippen LogP) is 3.53. The first-order valence-corrected chi connectivity index (χ1v) is 12.7. The summed E-state index contributed by atoms with van der Waals surface area (Å²) in [4.78, 5) is 41.1. The van der Waals surface area contributed by atoms with Gasteiger partial charge >= 0.3 is 0 Å². The van der Waals surface area contributed by atoms with Crippen LogP contribution in [0.3, 0.4) is 0 Å². The fourth-order valence-electron chi connectivity index (χ4n) is 3.72. The third kappa shape index (κ3) is 6.41. The number of primary amides is 1. The predicted molar refractivity (Wildman–Crippen MR) is 146 cm³/mol. The fourth-order valence-corrected chi connectivity index (χ4v) is 4.48. The van der Waals surface area contributed by atoms with Gasteiger partial charge in [0, 0.05) is 12.1 Å². The van der Waals surface area contributed by atoms with E-state index >= 15 is 0 Å². The molecule has 0 saturated carbocycles. The maximum Gasteiger partial charge on any atom is 0.270 e. The lowest BCUT2D eigenvalue weighted by atomic mass is 9.98. The zero-order valence-corrected chi connectivity index (χ0v) is 22.9. The molecule has 0 bridgehead atoms. The summed E-state index contributed by atoms with van der Waals surface area (Å²) in [6, 6.07) is 13.0. The van der Waals surface area contributed by atoms with Crippen molar-refractivity contribution in [3.05, 3.63) is 70.2 Å². The molecule has 202 valence electrons. The van der Waals surface area contributed by atoms with Crippen molar-refractivity contribution < 1.29 is 23.9 Å². The second kappa shape index (κ2) is 12.0. The van der Waals surface area contributed by atoms with Gasteiger partial charge in [-0.15, -0.1) is 0 Å². The molecule has 0 saturated heterocycles. The highest BCUT2D eigenvalue weighted by molar-refractivity contribution is 7.09. The molecule has 0 unspecified atom stereocenters. The van der Waals surface area contributed by atoms with E-state index in [1.165, 1.54) is 4.90 Å². The summed E-state index contributed by atoms with van der Waals surface area (Å²) in [5.74, 6) is -0.518. The molecule has 3 rings (SSSR count). The Balaban J connectivity index is 2.16. The van der Waals surface area contributed by atoms with Crippen LogP contribution in [0.4, 0.5) is 5.69 Å². The summed E-state index contributed by atoms with van der Waals surface area (Å²) < 4.78 is 14.5. The fraction of sp³-hybridized carbons (Fsp3) is 0.333. The van der Waals surface area contributed by atoms with E-state index < -0.39 is 23.4 Å². The van der Waals surface area contributed by atoms with Crippen LogP contribution >= 0.6 is 11.5 Å². The molecule has 38 heavy (non-hydrogen) atoms. The van der Waals surface area contributed by atoms with Gasteiger partial charge in [0.25, 0.3) is 11.8 Å². The highest BCUT2D eigenvalue weighted by Crippen LogP contribution is 2.32. The van der Waals surface area contributed by atoms with Crippen LogP contribution in [0.15, 0.2) is 48.5 Å². The Morgan fingerprint density at radius 2 is 1.58 bits per heavy atom. The molecule has 0 spiro atoms. The largest absolute Gasteiger partial charge is 0.497 e. The molecule has 0 aliphatic rings. The van der Waals surface area contributed by atoms with E-state index in [9.17, 15) is 14.4 Å². The molecule has 0 radical (unpaired) electrons. The number of hydrogen-bond acceptors (Lipinski definition) is 8. The Kier molecular flexibility index (Phi) is 8.95. The van der Waals surface area contributed by atoms with Gasteiger partial charge in [-0.1, -0.05) is 31.2 Å². The minimum atomic E-state index is -1.04. The number of nitrogens with one attached hydrogen (secondary N) is 1. The molecule has 3 aromatic rings. The van der Waals surface area contributed by atoms with E-state index in [1.807, 2.05) is 32.9 Å². The van der Waals surface area contributed by atoms with E-state index in [-0.39, 0.29) is 28.7 Å². The maximum absolute atomic E-state index is 14.0. The van der Waals surface area contributed by atoms with Crippen LogP contribution in [0, 0.1) is 0 Å². The highest BCUT2D eigenvalue weighted by atomic mass is 32.1. The minimum absolute atomic E-state index is 0.0216. The Bertz CT molecular complexity index is 1290. The lowest BCUT2D eigenvalue weighted by molar-refractivity contribution is -0.127. The number of rotatable bonds is 11. The molecule has 1 atom stereocenters. The number of carbonyl (C=O) groups is 3. The SMILES string of the molecule is CCC(C)(C)NC(=O)[C@@H](c1ccc(OC)cc1)N(Cc1ccc(OC)cc1)C(=O)c1snc(C(N)=O)c1N. The van der Waals surface area contributed by atoms with Crippen molar-refractivity contribution in [3.63, 3.8) is 0 Å². The number of nitrogen functional groups attached to an aromatic ring is 1. The molecule has 0 aliphatic heterocycles. The van der Waals surface area contributed by atoms with Gasteiger partial charge in [-0.3, -0.25) is 14.4 Å². The standard InChI is InChI=1S/C27H33N5O5S/c1-6-27(2,3)30-25(34)22(17-9-13-19(37-5)14-10-17)32(15-16-7-11-18(36-4)12-8-16)26(35)23-20(28)21(24(29)33)31-38-23/h7-14,22H,6,15,28H2,1-5H3,(H2,29,33)(H,30,34)/t22-/m1/s1. The first-order valence-electron chi connectivity index (χ1n) is 12.0. The van der Waals surface area contributed by atoms with Crippen LogP contribution in [0.5, 0.6) is 11.5 Å². The minimum Gasteiger partial charge on any atom is -0.497 e. The van der Waals surface area contributed by atoms with Crippen LogP contribution < -0.4 is 26.3 Å². The van der Waals surface area contributed by atoms with Crippen LogP contribution in [0.2, 0.25) is 0 Å². The number of ether oxygens (including phenoxy) is 2. The molecular formula is C27H33N5O5S. The van der Waals surface area contributed by atoms with Crippen molar-refractivity contribution in [2.75, 3.05) is 20.0 Å². The molecule has 3 amide bonds. The zero-order valence-electron chi connectivity index (χ0n) is 22.1. The average molecular weight is 540 g/mol. The topological polar surface area (TPSA) is 150 Å². The Hall–Kier alpha value is -4.12. The molecule has 10 nitrogen and oxygen atoms in total. The van der Waals surface area contributed by atoms with E-state index in [0.717, 1.165) is 17.1 Å². The second-order valence-corrected chi connectivity index (χ2v) is 10.1. The van der Waals surface area contributed by atoms with Crippen LogP contribution in [-0.4, -0.2) is 46.8 Å². The van der Waals surface area contributed by atoms with Gasteiger partial charge in [-0.25, -0.2) is 0 Å².